The number of halogens is 1. The van der Waals surface area contributed by atoms with Gasteiger partial charge in [-0.1, -0.05) is 31.5 Å². The van der Waals surface area contributed by atoms with E-state index >= 15 is 0 Å². The quantitative estimate of drug-likeness (QED) is 0.753. The van der Waals surface area contributed by atoms with Crippen LogP contribution in [0.1, 0.15) is 31.4 Å². The molecule has 1 atom stereocenters. The third-order valence-electron chi connectivity index (χ3n) is 2.21. The van der Waals surface area contributed by atoms with Crippen LogP contribution in [0.25, 0.3) is 0 Å². The van der Waals surface area contributed by atoms with Crippen LogP contribution >= 0.6 is 0 Å². The van der Waals surface area contributed by atoms with E-state index in [0.29, 0.717) is 0 Å². The van der Waals surface area contributed by atoms with Gasteiger partial charge in [-0.05, 0) is 19.5 Å². The van der Waals surface area contributed by atoms with Gasteiger partial charge in [-0.2, -0.15) is 0 Å². The fourth-order valence-corrected chi connectivity index (χ4v) is 1.50. The van der Waals surface area contributed by atoms with Crippen LogP contribution in [0.3, 0.4) is 0 Å². The van der Waals surface area contributed by atoms with Crippen molar-refractivity contribution in [3.63, 3.8) is 0 Å². The summed E-state index contributed by atoms with van der Waals surface area (Å²) in [5, 5.41) is 3.12. The molecule has 1 nitrogen and oxygen atoms in total. The maximum atomic E-state index is 13.3. The molecule has 0 spiro atoms. The summed E-state index contributed by atoms with van der Waals surface area (Å²) < 4.78 is 13.3. The molecule has 0 radical (unpaired) electrons. The predicted molar refractivity (Wildman–Crippen MR) is 53.1 cm³/mol. The number of hydrogen-bond acceptors (Lipinski definition) is 1. The van der Waals surface area contributed by atoms with Gasteiger partial charge in [0, 0.05) is 11.6 Å². The van der Waals surface area contributed by atoms with Gasteiger partial charge in [-0.15, -0.1) is 0 Å². The van der Waals surface area contributed by atoms with Crippen molar-refractivity contribution in [1.82, 2.24) is 5.32 Å². The molecule has 1 N–H and O–H groups in total. The highest BCUT2D eigenvalue weighted by molar-refractivity contribution is 5.20. The average Bonchev–Trinajstić information content (AvgIpc) is 2.16. The predicted octanol–water partition coefficient (Wildman–Crippen LogP) is 2.89. The van der Waals surface area contributed by atoms with Crippen LogP contribution in [0, 0.1) is 5.82 Å². The van der Waals surface area contributed by atoms with Crippen molar-refractivity contribution in [1.29, 1.82) is 0 Å². The maximum Gasteiger partial charge on any atom is 0.127 e. The molecular weight excluding hydrogens is 165 g/mol. The fourth-order valence-electron chi connectivity index (χ4n) is 1.50. The SMILES string of the molecule is CCCC(NC)c1ccccc1F. The first-order chi connectivity index (χ1) is 6.29. The van der Waals surface area contributed by atoms with Gasteiger partial charge in [0.15, 0.2) is 0 Å². The van der Waals surface area contributed by atoms with Crippen molar-refractivity contribution < 1.29 is 4.39 Å². The van der Waals surface area contributed by atoms with Crippen molar-refractivity contribution >= 4 is 0 Å². The van der Waals surface area contributed by atoms with Crippen molar-refractivity contribution in [2.24, 2.45) is 0 Å². The van der Waals surface area contributed by atoms with E-state index in [1.165, 1.54) is 6.07 Å². The number of hydrogen-bond donors (Lipinski definition) is 1. The van der Waals surface area contributed by atoms with Gasteiger partial charge >= 0.3 is 0 Å². The third-order valence-corrected chi connectivity index (χ3v) is 2.21. The molecule has 0 aliphatic carbocycles. The van der Waals surface area contributed by atoms with E-state index in [2.05, 4.69) is 12.2 Å². The second kappa shape index (κ2) is 4.97. The number of nitrogens with one attached hydrogen (secondary N) is 1. The Bertz CT molecular complexity index is 260. The molecule has 0 amide bonds. The minimum Gasteiger partial charge on any atom is -0.313 e. The van der Waals surface area contributed by atoms with E-state index in [-0.39, 0.29) is 11.9 Å². The highest BCUT2D eigenvalue weighted by atomic mass is 19.1. The molecule has 0 saturated heterocycles. The molecule has 72 valence electrons. The Morgan fingerprint density at radius 3 is 2.62 bits per heavy atom. The Morgan fingerprint density at radius 2 is 2.08 bits per heavy atom. The Balaban J connectivity index is 2.84. The summed E-state index contributed by atoms with van der Waals surface area (Å²) in [4.78, 5) is 0. The maximum absolute atomic E-state index is 13.3. The van der Waals surface area contributed by atoms with Crippen LogP contribution in [0.5, 0.6) is 0 Å². The first-order valence-corrected chi connectivity index (χ1v) is 4.71. The second-order valence-corrected chi connectivity index (χ2v) is 3.15. The Hall–Kier alpha value is -0.890. The molecule has 0 saturated carbocycles. The summed E-state index contributed by atoms with van der Waals surface area (Å²) in [7, 11) is 1.87. The number of benzene rings is 1. The first kappa shape index (κ1) is 10.2. The minimum absolute atomic E-state index is 0.115. The zero-order valence-electron chi connectivity index (χ0n) is 8.18. The van der Waals surface area contributed by atoms with E-state index in [1.807, 2.05) is 19.2 Å². The van der Waals surface area contributed by atoms with Crippen LogP contribution < -0.4 is 5.32 Å². The van der Waals surface area contributed by atoms with E-state index in [9.17, 15) is 4.39 Å². The van der Waals surface area contributed by atoms with Gasteiger partial charge in [-0.3, -0.25) is 0 Å². The third kappa shape index (κ3) is 2.52. The molecule has 1 unspecified atom stereocenters. The normalized spacial score (nSPS) is 12.8. The second-order valence-electron chi connectivity index (χ2n) is 3.15. The standard InChI is InChI=1S/C11H16FN/c1-3-6-11(13-2)9-7-4-5-8-10(9)12/h4-5,7-8,11,13H,3,6H2,1-2H3. The highest BCUT2D eigenvalue weighted by Gasteiger charge is 2.11. The lowest BCUT2D eigenvalue weighted by Crippen LogP contribution is -2.17. The molecule has 0 bridgehead atoms. The summed E-state index contributed by atoms with van der Waals surface area (Å²) in [5.41, 5.74) is 0.770. The van der Waals surface area contributed by atoms with E-state index < -0.39 is 0 Å². The van der Waals surface area contributed by atoms with E-state index in [1.54, 1.807) is 6.07 Å². The Morgan fingerprint density at radius 1 is 1.38 bits per heavy atom. The van der Waals surface area contributed by atoms with E-state index in [0.717, 1.165) is 18.4 Å². The lowest BCUT2D eigenvalue weighted by Gasteiger charge is -2.15. The summed E-state index contributed by atoms with van der Waals surface area (Å²) in [5.74, 6) is -0.115. The smallest absolute Gasteiger partial charge is 0.127 e. The summed E-state index contributed by atoms with van der Waals surface area (Å²) in [6.07, 6.45) is 2.03. The molecule has 1 aromatic carbocycles. The minimum atomic E-state index is -0.115. The van der Waals surface area contributed by atoms with Gasteiger partial charge in [0.2, 0.25) is 0 Å². The van der Waals surface area contributed by atoms with Crippen LogP contribution in [0.4, 0.5) is 4.39 Å². The first-order valence-electron chi connectivity index (χ1n) is 4.71. The topological polar surface area (TPSA) is 12.0 Å². The van der Waals surface area contributed by atoms with Crippen molar-refractivity contribution in [3.8, 4) is 0 Å². The molecule has 2 heteroatoms. The van der Waals surface area contributed by atoms with Crippen molar-refractivity contribution in [2.45, 2.75) is 25.8 Å². The average molecular weight is 181 g/mol. The molecule has 0 aliphatic heterocycles. The molecule has 1 rings (SSSR count). The van der Waals surface area contributed by atoms with Crippen LogP contribution in [0.15, 0.2) is 24.3 Å². The van der Waals surface area contributed by atoms with Gasteiger partial charge < -0.3 is 5.32 Å². The molecule has 13 heavy (non-hydrogen) atoms. The summed E-state index contributed by atoms with van der Waals surface area (Å²) in [6, 6.07) is 7.09. The molecule has 1 aromatic rings. The Labute approximate surface area is 79.0 Å². The van der Waals surface area contributed by atoms with Gasteiger partial charge in [0.05, 0.1) is 0 Å². The molecule has 0 heterocycles. The molecule has 0 fully saturated rings. The zero-order valence-corrected chi connectivity index (χ0v) is 8.18. The van der Waals surface area contributed by atoms with Crippen LogP contribution in [0.2, 0.25) is 0 Å². The molecule has 0 aliphatic rings. The molecule has 0 aromatic heterocycles. The van der Waals surface area contributed by atoms with Gasteiger partial charge in [0.1, 0.15) is 5.82 Å². The van der Waals surface area contributed by atoms with E-state index in [4.69, 9.17) is 0 Å². The zero-order chi connectivity index (χ0) is 9.68. The van der Waals surface area contributed by atoms with Gasteiger partial charge in [-0.25, -0.2) is 4.39 Å². The molecular formula is C11H16FN. The lowest BCUT2D eigenvalue weighted by atomic mass is 10.0. The van der Waals surface area contributed by atoms with Crippen molar-refractivity contribution in [2.75, 3.05) is 7.05 Å². The summed E-state index contributed by atoms with van der Waals surface area (Å²) in [6.45, 7) is 2.10. The highest BCUT2D eigenvalue weighted by Crippen LogP contribution is 2.20. The monoisotopic (exact) mass is 181 g/mol. The number of rotatable bonds is 4. The largest absolute Gasteiger partial charge is 0.313 e. The van der Waals surface area contributed by atoms with Crippen molar-refractivity contribution in [3.05, 3.63) is 35.6 Å². The summed E-state index contributed by atoms with van der Waals surface area (Å²) >= 11 is 0. The van der Waals surface area contributed by atoms with Gasteiger partial charge in [0.25, 0.3) is 0 Å². The Kier molecular flexibility index (Phi) is 3.90. The van der Waals surface area contributed by atoms with Crippen LogP contribution in [-0.2, 0) is 0 Å². The lowest BCUT2D eigenvalue weighted by molar-refractivity contribution is 0.504. The van der Waals surface area contributed by atoms with Crippen LogP contribution in [-0.4, -0.2) is 7.05 Å². The fraction of sp³-hybridized carbons (Fsp3) is 0.455.